The Morgan fingerprint density at radius 2 is 2.00 bits per heavy atom. The molecule has 1 heterocycles. The SMILES string of the molecule is CCCc1c(CCl)cnn1-c1ccc(Br)cc1. The molecule has 0 atom stereocenters. The Morgan fingerprint density at radius 3 is 2.59 bits per heavy atom. The molecule has 0 radical (unpaired) electrons. The first-order chi connectivity index (χ1) is 8.26. The number of aromatic nitrogens is 2. The van der Waals surface area contributed by atoms with Crippen molar-refractivity contribution < 1.29 is 0 Å². The molecule has 0 aliphatic carbocycles. The van der Waals surface area contributed by atoms with Gasteiger partial charge in [-0.1, -0.05) is 29.3 Å². The first-order valence-corrected chi connectivity index (χ1v) is 6.96. The molecule has 1 aromatic heterocycles. The van der Waals surface area contributed by atoms with Gasteiger partial charge in [-0.25, -0.2) is 4.68 Å². The van der Waals surface area contributed by atoms with E-state index in [-0.39, 0.29) is 0 Å². The summed E-state index contributed by atoms with van der Waals surface area (Å²) in [6, 6.07) is 8.14. The van der Waals surface area contributed by atoms with Crippen molar-refractivity contribution in [3.8, 4) is 5.69 Å². The fraction of sp³-hybridized carbons (Fsp3) is 0.308. The molecule has 0 amide bonds. The molecule has 0 aliphatic heterocycles. The average Bonchev–Trinajstić information content (AvgIpc) is 2.74. The van der Waals surface area contributed by atoms with Crippen LogP contribution < -0.4 is 0 Å². The van der Waals surface area contributed by atoms with Crippen molar-refractivity contribution in [2.45, 2.75) is 25.6 Å². The van der Waals surface area contributed by atoms with Crippen LogP contribution in [0.2, 0.25) is 0 Å². The predicted molar refractivity (Wildman–Crippen MR) is 74.8 cm³/mol. The van der Waals surface area contributed by atoms with Crippen LogP contribution in [0.25, 0.3) is 5.69 Å². The van der Waals surface area contributed by atoms with E-state index >= 15 is 0 Å². The largest absolute Gasteiger partial charge is 0.238 e. The van der Waals surface area contributed by atoms with Gasteiger partial charge in [0.15, 0.2) is 0 Å². The maximum absolute atomic E-state index is 5.93. The van der Waals surface area contributed by atoms with Gasteiger partial charge in [0.05, 0.1) is 17.8 Å². The lowest BCUT2D eigenvalue weighted by Gasteiger charge is -2.08. The van der Waals surface area contributed by atoms with E-state index < -0.39 is 0 Å². The van der Waals surface area contributed by atoms with Crippen LogP contribution in [0.3, 0.4) is 0 Å². The van der Waals surface area contributed by atoms with Crippen molar-refractivity contribution in [3.05, 3.63) is 46.2 Å². The molecule has 17 heavy (non-hydrogen) atoms. The second-order valence-electron chi connectivity index (χ2n) is 3.89. The first kappa shape index (κ1) is 12.7. The monoisotopic (exact) mass is 312 g/mol. The van der Waals surface area contributed by atoms with Gasteiger partial charge in [-0.15, -0.1) is 11.6 Å². The highest BCUT2D eigenvalue weighted by molar-refractivity contribution is 9.10. The maximum Gasteiger partial charge on any atom is 0.0649 e. The van der Waals surface area contributed by atoms with Gasteiger partial charge < -0.3 is 0 Å². The second kappa shape index (κ2) is 5.69. The Labute approximate surface area is 115 Å². The summed E-state index contributed by atoms with van der Waals surface area (Å²) in [5.74, 6) is 0.520. The lowest BCUT2D eigenvalue weighted by Crippen LogP contribution is -2.03. The Kier molecular flexibility index (Phi) is 4.24. The quantitative estimate of drug-likeness (QED) is 0.768. The normalized spacial score (nSPS) is 10.8. The summed E-state index contributed by atoms with van der Waals surface area (Å²) in [6.07, 6.45) is 3.95. The molecule has 0 N–H and O–H groups in total. The summed E-state index contributed by atoms with van der Waals surface area (Å²) in [6.45, 7) is 2.16. The minimum absolute atomic E-state index is 0.520. The van der Waals surface area contributed by atoms with E-state index in [4.69, 9.17) is 11.6 Å². The van der Waals surface area contributed by atoms with Crippen molar-refractivity contribution in [1.82, 2.24) is 9.78 Å². The number of hydrogen-bond donors (Lipinski definition) is 0. The number of alkyl halides is 1. The van der Waals surface area contributed by atoms with Crippen molar-refractivity contribution in [3.63, 3.8) is 0 Å². The highest BCUT2D eigenvalue weighted by Crippen LogP contribution is 2.20. The highest BCUT2D eigenvalue weighted by Gasteiger charge is 2.10. The zero-order chi connectivity index (χ0) is 12.3. The standard InChI is InChI=1S/C13H14BrClN2/c1-2-3-13-10(8-15)9-16-17(13)12-6-4-11(14)5-7-12/h4-7,9H,2-3,8H2,1H3. The summed E-state index contributed by atoms with van der Waals surface area (Å²) >= 11 is 9.37. The minimum atomic E-state index is 0.520. The highest BCUT2D eigenvalue weighted by atomic mass is 79.9. The Morgan fingerprint density at radius 1 is 1.29 bits per heavy atom. The van der Waals surface area contributed by atoms with E-state index in [1.165, 1.54) is 5.69 Å². The van der Waals surface area contributed by atoms with Crippen molar-refractivity contribution in [1.29, 1.82) is 0 Å². The average molecular weight is 314 g/mol. The molecule has 2 nitrogen and oxygen atoms in total. The maximum atomic E-state index is 5.93. The molecular weight excluding hydrogens is 300 g/mol. The summed E-state index contributed by atoms with van der Waals surface area (Å²) in [5.41, 5.74) is 3.41. The van der Waals surface area contributed by atoms with Gasteiger partial charge in [-0.3, -0.25) is 0 Å². The smallest absolute Gasteiger partial charge is 0.0649 e. The third-order valence-electron chi connectivity index (χ3n) is 2.66. The number of halogens is 2. The third-order valence-corrected chi connectivity index (χ3v) is 3.47. The summed E-state index contributed by atoms with van der Waals surface area (Å²) in [4.78, 5) is 0. The van der Waals surface area contributed by atoms with E-state index in [1.54, 1.807) is 0 Å². The predicted octanol–water partition coefficient (Wildman–Crippen LogP) is 4.33. The fourth-order valence-corrected chi connectivity index (χ4v) is 2.31. The van der Waals surface area contributed by atoms with E-state index in [2.05, 4.69) is 28.0 Å². The zero-order valence-corrected chi connectivity index (χ0v) is 12.0. The Balaban J connectivity index is 2.43. The molecular formula is C13H14BrClN2. The van der Waals surface area contributed by atoms with Crippen LogP contribution in [-0.4, -0.2) is 9.78 Å². The fourth-order valence-electron chi connectivity index (χ4n) is 1.83. The molecule has 90 valence electrons. The van der Waals surface area contributed by atoms with Crippen LogP contribution in [0.1, 0.15) is 24.6 Å². The van der Waals surface area contributed by atoms with Crippen LogP contribution in [0.5, 0.6) is 0 Å². The van der Waals surface area contributed by atoms with Gasteiger partial charge >= 0.3 is 0 Å². The van der Waals surface area contributed by atoms with E-state index in [1.807, 2.05) is 35.1 Å². The first-order valence-electron chi connectivity index (χ1n) is 5.64. The van der Waals surface area contributed by atoms with Gasteiger partial charge in [-0.2, -0.15) is 5.10 Å². The van der Waals surface area contributed by atoms with Crippen molar-refractivity contribution >= 4 is 27.5 Å². The third kappa shape index (κ3) is 2.72. The van der Waals surface area contributed by atoms with Crippen LogP contribution >= 0.6 is 27.5 Å². The topological polar surface area (TPSA) is 17.8 Å². The Hall–Kier alpha value is -0.800. The molecule has 0 fully saturated rings. The minimum Gasteiger partial charge on any atom is -0.238 e. The molecule has 0 spiro atoms. The van der Waals surface area contributed by atoms with Gasteiger partial charge in [0.1, 0.15) is 0 Å². The van der Waals surface area contributed by atoms with Crippen LogP contribution in [0.15, 0.2) is 34.9 Å². The van der Waals surface area contributed by atoms with Gasteiger partial charge in [0.25, 0.3) is 0 Å². The van der Waals surface area contributed by atoms with Gasteiger partial charge in [-0.05, 0) is 30.7 Å². The van der Waals surface area contributed by atoms with E-state index in [0.717, 1.165) is 28.6 Å². The molecule has 4 heteroatoms. The molecule has 0 saturated heterocycles. The number of benzene rings is 1. The molecule has 0 aliphatic rings. The van der Waals surface area contributed by atoms with Crippen LogP contribution in [0, 0.1) is 0 Å². The molecule has 0 saturated carbocycles. The summed E-state index contributed by atoms with van der Waals surface area (Å²) in [7, 11) is 0. The molecule has 0 unspecified atom stereocenters. The van der Waals surface area contributed by atoms with Crippen molar-refractivity contribution in [2.24, 2.45) is 0 Å². The molecule has 0 bridgehead atoms. The van der Waals surface area contributed by atoms with Crippen molar-refractivity contribution in [2.75, 3.05) is 0 Å². The number of rotatable bonds is 4. The molecule has 2 aromatic rings. The molecule has 1 aromatic carbocycles. The summed E-state index contributed by atoms with van der Waals surface area (Å²) < 4.78 is 3.05. The van der Waals surface area contributed by atoms with Crippen LogP contribution in [0.4, 0.5) is 0 Å². The van der Waals surface area contributed by atoms with Gasteiger partial charge in [0, 0.05) is 15.7 Å². The molecule has 2 rings (SSSR count). The zero-order valence-electron chi connectivity index (χ0n) is 9.66. The lowest BCUT2D eigenvalue weighted by atomic mass is 10.2. The van der Waals surface area contributed by atoms with Gasteiger partial charge in [0.2, 0.25) is 0 Å². The lowest BCUT2D eigenvalue weighted by molar-refractivity contribution is 0.771. The van der Waals surface area contributed by atoms with Crippen LogP contribution in [-0.2, 0) is 12.3 Å². The summed E-state index contributed by atoms with van der Waals surface area (Å²) in [5, 5.41) is 4.42. The number of nitrogens with zero attached hydrogens (tertiary/aromatic N) is 2. The number of hydrogen-bond acceptors (Lipinski definition) is 1. The Bertz CT molecular complexity index is 491. The second-order valence-corrected chi connectivity index (χ2v) is 5.07. The van der Waals surface area contributed by atoms with E-state index in [0.29, 0.717) is 5.88 Å². The van der Waals surface area contributed by atoms with E-state index in [9.17, 15) is 0 Å².